The molecule has 0 aliphatic carbocycles. The van der Waals surface area contributed by atoms with Crippen LogP contribution in [0.15, 0.2) is 36.4 Å². The van der Waals surface area contributed by atoms with Gasteiger partial charge in [-0.3, -0.25) is 19.8 Å². The van der Waals surface area contributed by atoms with E-state index in [1.54, 1.807) is 12.2 Å². The van der Waals surface area contributed by atoms with Crippen molar-refractivity contribution in [2.75, 3.05) is 0 Å². The van der Waals surface area contributed by atoms with Gasteiger partial charge >= 0.3 is 0 Å². The van der Waals surface area contributed by atoms with Gasteiger partial charge in [-0.2, -0.15) is 5.01 Å². The number of ether oxygens (including phenoxy) is 1. The first kappa shape index (κ1) is 13.0. The lowest BCUT2D eigenvalue weighted by molar-refractivity contribution is -0.145. The van der Waals surface area contributed by atoms with Crippen LogP contribution in [0.5, 0.6) is 5.75 Å². The average molecular weight is 300 g/mol. The van der Waals surface area contributed by atoms with Crippen molar-refractivity contribution in [3.05, 3.63) is 42.0 Å². The number of imide groups is 1. The van der Waals surface area contributed by atoms with E-state index in [-0.39, 0.29) is 11.3 Å². The second kappa shape index (κ2) is 4.41. The Balaban J connectivity index is 1.56. The summed E-state index contributed by atoms with van der Waals surface area (Å²) in [6.07, 6.45) is 2.76. The standard InChI is InChI=1S/C15H12N2O5/c18-8-3-1-2-7(6-8)13(19)16-17-14(20)11-9-4-5-10(22-9)12(11)15(17)21/h1-6,9-12,18H,(H,16,19)/t9-,10-,11+,12+/m1/s1. The summed E-state index contributed by atoms with van der Waals surface area (Å²) in [4.78, 5) is 36.8. The minimum absolute atomic E-state index is 0.0701. The summed E-state index contributed by atoms with van der Waals surface area (Å²) in [6, 6.07) is 5.67. The highest BCUT2D eigenvalue weighted by Gasteiger charge is 2.61. The predicted octanol–water partition coefficient (Wildman–Crippen LogP) is -0.0246. The lowest BCUT2D eigenvalue weighted by Crippen LogP contribution is -2.47. The third-order valence-corrected chi connectivity index (χ3v) is 4.23. The van der Waals surface area contributed by atoms with Crippen molar-refractivity contribution in [3.8, 4) is 5.75 Å². The van der Waals surface area contributed by atoms with Gasteiger partial charge in [-0.05, 0) is 18.2 Å². The SMILES string of the molecule is O=C(NN1C(=O)[C@@H]2[C@@H](C1=O)[C@H]1C=C[C@H]2O1)c1cccc(O)c1. The van der Waals surface area contributed by atoms with Gasteiger partial charge in [0, 0.05) is 5.56 Å². The first-order chi connectivity index (χ1) is 10.6. The Bertz CT molecular complexity index is 698. The van der Waals surface area contributed by atoms with E-state index in [9.17, 15) is 19.5 Å². The summed E-state index contributed by atoms with van der Waals surface area (Å²) in [5.74, 6) is -2.74. The molecule has 3 aliphatic rings. The van der Waals surface area contributed by atoms with Crippen molar-refractivity contribution in [2.24, 2.45) is 11.8 Å². The number of carbonyl (C=O) groups excluding carboxylic acids is 3. The molecule has 2 fully saturated rings. The van der Waals surface area contributed by atoms with Crippen LogP contribution in [0.25, 0.3) is 0 Å². The van der Waals surface area contributed by atoms with E-state index >= 15 is 0 Å². The van der Waals surface area contributed by atoms with Crippen molar-refractivity contribution in [2.45, 2.75) is 12.2 Å². The molecular weight excluding hydrogens is 288 g/mol. The van der Waals surface area contributed by atoms with Crippen LogP contribution in [0.1, 0.15) is 10.4 Å². The van der Waals surface area contributed by atoms with Gasteiger partial charge in [-0.1, -0.05) is 18.2 Å². The number of phenolic OH excluding ortho intramolecular Hbond substituents is 1. The Hall–Kier alpha value is -2.67. The third-order valence-electron chi connectivity index (χ3n) is 4.23. The zero-order chi connectivity index (χ0) is 15.4. The maximum Gasteiger partial charge on any atom is 0.270 e. The molecule has 1 aromatic carbocycles. The van der Waals surface area contributed by atoms with Crippen LogP contribution >= 0.6 is 0 Å². The van der Waals surface area contributed by atoms with E-state index in [2.05, 4.69) is 5.43 Å². The molecule has 2 saturated heterocycles. The predicted molar refractivity (Wildman–Crippen MR) is 72.2 cm³/mol. The quantitative estimate of drug-likeness (QED) is 0.591. The van der Waals surface area contributed by atoms with E-state index in [1.807, 2.05) is 0 Å². The van der Waals surface area contributed by atoms with Gasteiger partial charge in [0.2, 0.25) is 0 Å². The van der Waals surface area contributed by atoms with Crippen molar-refractivity contribution in [1.29, 1.82) is 0 Å². The zero-order valence-electron chi connectivity index (χ0n) is 11.3. The monoisotopic (exact) mass is 300 g/mol. The summed E-state index contributed by atoms with van der Waals surface area (Å²) < 4.78 is 5.51. The van der Waals surface area contributed by atoms with Crippen molar-refractivity contribution in [1.82, 2.24) is 10.4 Å². The number of hydrazine groups is 1. The fourth-order valence-corrected chi connectivity index (χ4v) is 3.23. The van der Waals surface area contributed by atoms with Gasteiger partial charge in [0.1, 0.15) is 5.75 Å². The fourth-order valence-electron chi connectivity index (χ4n) is 3.23. The molecule has 3 heterocycles. The molecule has 0 radical (unpaired) electrons. The molecular formula is C15H12N2O5. The maximum atomic E-state index is 12.3. The van der Waals surface area contributed by atoms with Crippen molar-refractivity contribution in [3.63, 3.8) is 0 Å². The van der Waals surface area contributed by atoms with Crippen molar-refractivity contribution < 1.29 is 24.2 Å². The van der Waals surface area contributed by atoms with Crippen LogP contribution in [-0.4, -0.2) is 40.0 Å². The van der Waals surface area contributed by atoms with Crippen LogP contribution < -0.4 is 5.43 Å². The lowest BCUT2D eigenvalue weighted by atomic mass is 9.85. The van der Waals surface area contributed by atoms with Crippen LogP contribution in [0.2, 0.25) is 0 Å². The van der Waals surface area contributed by atoms with Gasteiger partial charge in [0.05, 0.1) is 24.0 Å². The Morgan fingerprint density at radius 2 is 1.77 bits per heavy atom. The highest BCUT2D eigenvalue weighted by atomic mass is 16.5. The second-order valence-corrected chi connectivity index (χ2v) is 5.50. The Morgan fingerprint density at radius 1 is 1.14 bits per heavy atom. The first-order valence-electron chi connectivity index (χ1n) is 6.88. The summed E-state index contributed by atoms with van der Waals surface area (Å²) in [7, 11) is 0. The van der Waals surface area contributed by atoms with Gasteiger partial charge in [0.15, 0.2) is 0 Å². The number of aromatic hydroxyl groups is 1. The molecule has 0 unspecified atom stereocenters. The number of fused-ring (bicyclic) bond motifs is 5. The number of rotatable bonds is 2. The summed E-state index contributed by atoms with van der Waals surface area (Å²) >= 11 is 0. The molecule has 112 valence electrons. The van der Waals surface area contributed by atoms with Gasteiger partial charge < -0.3 is 9.84 Å². The molecule has 3 aliphatic heterocycles. The van der Waals surface area contributed by atoms with E-state index in [0.29, 0.717) is 0 Å². The van der Waals surface area contributed by atoms with Crippen LogP contribution in [0, 0.1) is 11.8 Å². The first-order valence-corrected chi connectivity index (χ1v) is 6.88. The van der Waals surface area contributed by atoms with Gasteiger partial charge in [-0.15, -0.1) is 0 Å². The molecule has 22 heavy (non-hydrogen) atoms. The zero-order valence-corrected chi connectivity index (χ0v) is 11.3. The number of amides is 3. The van der Waals surface area contributed by atoms with Gasteiger partial charge in [0.25, 0.3) is 17.7 Å². The van der Waals surface area contributed by atoms with Crippen LogP contribution in [0.3, 0.4) is 0 Å². The fraction of sp³-hybridized carbons (Fsp3) is 0.267. The number of phenols is 1. The molecule has 0 spiro atoms. The van der Waals surface area contributed by atoms with E-state index in [1.165, 1.54) is 24.3 Å². The minimum Gasteiger partial charge on any atom is -0.508 e. The second-order valence-electron chi connectivity index (χ2n) is 5.50. The molecule has 7 heteroatoms. The molecule has 4 atom stereocenters. The normalized spacial score (nSPS) is 31.7. The summed E-state index contributed by atoms with van der Waals surface area (Å²) in [5, 5.41) is 10.2. The molecule has 2 N–H and O–H groups in total. The largest absolute Gasteiger partial charge is 0.508 e. The molecule has 0 saturated carbocycles. The van der Waals surface area contributed by atoms with E-state index in [4.69, 9.17) is 4.74 Å². The number of carbonyl (C=O) groups is 3. The molecule has 2 bridgehead atoms. The molecule has 1 aromatic rings. The Labute approximate surface area is 125 Å². The smallest absolute Gasteiger partial charge is 0.270 e. The van der Waals surface area contributed by atoms with Crippen LogP contribution in [0.4, 0.5) is 0 Å². The number of nitrogens with one attached hydrogen (secondary N) is 1. The number of benzene rings is 1. The summed E-state index contributed by atoms with van der Waals surface area (Å²) in [6.45, 7) is 0. The average Bonchev–Trinajstić information content (AvgIpc) is 3.17. The third kappa shape index (κ3) is 1.69. The van der Waals surface area contributed by atoms with E-state index in [0.717, 1.165) is 5.01 Å². The van der Waals surface area contributed by atoms with E-state index < -0.39 is 41.8 Å². The molecule has 7 nitrogen and oxygen atoms in total. The summed E-state index contributed by atoms with van der Waals surface area (Å²) in [5.41, 5.74) is 2.48. The number of hydrogen-bond acceptors (Lipinski definition) is 5. The minimum atomic E-state index is -0.626. The Morgan fingerprint density at radius 3 is 2.36 bits per heavy atom. The highest BCUT2D eigenvalue weighted by molar-refractivity contribution is 6.09. The number of nitrogens with zero attached hydrogens (tertiary/aromatic N) is 1. The molecule has 3 amide bonds. The van der Waals surface area contributed by atoms with Crippen molar-refractivity contribution >= 4 is 17.7 Å². The molecule has 0 aromatic heterocycles. The lowest BCUT2D eigenvalue weighted by Gasteiger charge is -2.18. The van der Waals surface area contributed by atoms with Gasteiger partial charge in [-0.25, -0.2) is 0 Å². The number of hydrogen-bond donors (Lipinski definition) is 2. The van der Waals surface area contributed by atoms with Crippen LogP contribution in [-0.2, 0) is 14.3 Å². The molecule has 4 rings (SSSR count). The highest BCUT2D eigenvalue weighted by Crippen LogP contribution is 2.44. The Kier molecular flexibility index (Phi) is 2.61. The maximum absolute atomic E-state index is 12.3. The topological polar surface area (TPSA) is 95.9 Å².